The molecular weight excluding hydrogens is 244 g/mol. The van der Waals surface area contributed by atoms with Gasteiger partial charge in [0.1, 0.15) is 18.0 Å². The van der Waals surface area contributed by atoms with Gasteiger partial charge in [0.15, 0.2) is 0 Å². The minimum Gasteiger partial charge on any atom is -0.394 e. The van der Waals surface area contributed by atoms with E-state index in [-0.39, 0.29) is 12.7 Å². The number of aromatic nitrogens is 2. The SMILES string of the molecule is CCCNc1ncnc(N2CCOC(CO)C2)c1C. The van der Waals surface area contributed by atoms with Crippen molar-refractivity contribution >= 4 is 11.6 Å². The van der Waals surface area contributed by atoms with Gasteiger partial charge in [0.2, 0.25) is 0 Å². The molecule has 1 aliphatic rings. The lowest BCUT2D eigenvalue weighted by Gasteiger charge is -2.33. The number of morpholine rings is 1. The van der Waals surface area contributed by atoms with Crippen LogP contribution in [0.15, 0.2) is 6.33 Å². The van der Waals surface area contributed by atoms with Crippen molar-refractivity contribution < 1.29 is 9.84 Å². The largest absolute Gasteiger partial charge is 0.394 e. The molecule has 1 saturated heterocycles. The summed E-state index contributed by atoms with van der Waals surface area (Å²) in [6, 6.07) is 0. The molecular formula is C13H22N4O2. The molecule has 6 heteroatoms. The molecule has 1 fully saturated rings. The Bertz CT molecular complexity index is 414. The highest BCUT2D eigenvalue weighted by Gasteiger charge is 2.22. The summed E-state index contributed by atoms with van der Waals surface area (Å²) in [5.41, 5.74) is 1.05. The van der Waals surface area contributed by atoms with Crippen molar-refractivity contribution in [3.8, 4) is 0 Å². The highest BCUT2D eigenvalue weighted by molar-refractivity contribution is 5.58. The second-order valence-corrected chi connectivity index (χ2v) is 4.72. The molecule has 0 amide bonds. The molecule has 0 saturated carbocycles. The van der Waals surface area contributed by atoms with Crippen molar-refractivity contribution in [2.24, 2.45) is 0 Å². The summed E-state index contributed by atoms with van der Waals surface area (Å²) in [6.07, 6.45) is 2.52. The lowest BCUT2D eigenvalue weighted by atomic mass is 10.2. The van der Waals surface area contributed by atoms with Gasteiger partial charge in [0.25, 0.3) is 0 Å². The maximum absolute atomic E-state index is 9.20. The van der Waals surface area contributed by atoms with Crippen LogP contribution in [0.2, 0.25) is 0 Å². The van der Waals surface area contributed by atoms with E-state index in [0.29, 0.717) is 13.2 Å². The highest BCUT2D eigenvalue weighted by atomic mass is 16.5. The van der Waals surface area contributed by atoms with E-state index in [2.05, 4.69) is 27.1 Å². The maximum atomic E-state index is 9.20. The Morgan fingerprint density at radius 3 is 3.11 bits per heavy atom. The van der Waals surface area contributed by atoms with Crippen LogP contribution in [0, 0.1) is 6.92 Å². The first kappa shape index (κ1) is 14.0. The third kappa shape index (κ3) is 3.33. The number of aliphatic hydroxyl groups is 1. The Morgan fingerprint density at radius 2 is 2.37 bits per heavy atom. The van der Waals surface area contributed by atoms with Gasteiger partial charge in [-0.25, -0.2) is 9.97 Å². The van der Waals surface area contributed by atoms with Crippen LogP contribution >= 0.6 is 0 Å². The van der Waals surface area contributed by atoms with E-state index in [1.54, 1.807) is 6.33 Å². The van der Waals surface area contributed by atoms with Crippen molar-refractivity contribution in [1.29, 1.82) is 0 Å². The Morgan fingerprint density at radius 1 is 1.53 bits per heavy atom. The Kier molecular flexibility index (Phi) is 4.93. The normalized spacial score (nSPS) is 19.5. The summed E-state index contributed by atoms with van der Waals surface area (Å²) in [5, 5.41) is 12.5. The summed E-state index contributed by atoms with van der Waals surface area (Å²) in [5.74, 6) is 1.81. The molecule has 2 N–H and O–H groups in total. The second-order valence-electron chi connectivity index (χ2n) is 4.72. The fourth-order valence-corrected chi connectivity index (χ4v) is 2.20. The third-order valence-electron chi connectivity index (χ3n) is 3.24. The molecule has 0 bridgehead atoms. The summed E-state index contributed by atoms with van der Waals surface area (Å²) >= 11 is 0. The van der Waals surface area contributed by atoms with Crippen molar-refractivity contribution in [2.45, 2.75) is 26.4 Å². The first-order valence-electron chi connectivity index (χ1n) is 6.79. The zero-order valence-electron chi connectivity index (χ0n) is 11.6. The van der Waals surface area contributed by atoms with Gasteiger partial charge in [0.05, 0.1) is 19.3 Å². The Balaban J connectivity index is 2.14. The molecule has 1 unspecified atom stereocenters. The standard InChI is InChI=1S/C13H22N4O2/c1-3-4-14-12-10(2)13(16-9-15-12)17-5-6-19-11(7-17)8-18/h9,11,18H,3-8H2,1-2H3,(H,14,15,16). The van der Waals surface area contributed by atoms with Crippen molar-refractivity contribution in [1.82, 2.24) is 9.97 Å². The van der Waals surface area contributed by atoms with E-state index < -0.39 is 0 Å². The summed E-state index contributed by atoms with van der Waals surface area (Å²) in [4.78, 5) is 10.8. The summed E-state index contributed by atoms with van der Waals surface area (Å²) in [7, 11) is 0. The minimum atomic E-state index is -0.129. The van der Waals surface area contributed by atoms with Gasteiger partial charge in [-0.15, -0.1) is 0 Å². The fraction of sp³-hybridized carbons (Fsp3) is 0.692. The molecule has 0 aromatic carbocycles. The zero-order chi connectivity index (χ0) is 13.7. The summed E-state index contributed by atoms with van der Waals surface area (Å²) in [6.45, 7) is 7.17. The van der Waals surface area contributed by atoms with Gasteiger partial charge in [0, 0.05) is 25.2 Å². The molecule has 2 heterocycles. The van der Waals surface area contributed by atoms with E-state index in [1.807, 2.05) is 6.92 Å². The van der Waals surface area contributed by atoms with Crippen LogP contribution in [0.5, 0.6) is 0 Å². The van der Waals surface area contributed by atoms with Crippen molar-refractivity contribution in [3.05, 3.63) is 11.9 Å². The predicted octanol–water partition coefficient (Wildman–Crippen LogP) is 0.804. The fourth-order valence-electron chi connectivity index (χ4n) is 2.20. The number of hydrogen-bond donors (Lipinski definition) is 2. The Hall–Kier alpha value is -1.40. The second kappa shape index (κ2) is 6.68. The molecule has 106 valence electrons. The first-order valence-corrected chi connectivity index (χ1v) is 6.79. The smallest absolute Gasteiger partial charge is 0.137 e. The highest BCUT2D eigenvalue weighted by Crippen LogP contribution is 2.23. The average Bonchev–Trinajstić information content (AvgIpc) is 2.46. The first-order chi connectivity index (χ1) is 9.26. The van der Waals surface area contributed by atoms with E-state index in [9.17, 15) is 5.11 Å². The third-order valence-corrected chi connectivity index (χ3v) is 3.24. The molecule has 0 aliphatic carbocycles. The molecule has 1 aliphatic heterocycles. The quantitative estimate of drug-likeness (QED) is 0.821. The van der Waals surface area contributed by atoms with E-state index in [1.165, 1.54) is 0 Å². The molecule has 1 aromatic heterocycles. The average molecular weight is 266 g/mol. The molecule has 0 spiro atoms. The van der Waals surface area contributed by atoms with Crippen LogP contribution in [-0.2, 0) is 4.74 Å². The molecule has 0 radical (unpaired) electrons. The van der Waals surface area contributed by atoms with Crippen LogP contribution in [0.4, 0.5) is 11.6 Å². The van der Waals surface area contributed by atoms with Gasteiger partial charge in [-0.05, 0) is 13.3 Å². The van der Waals surface area contributed by atoms with Gasteiger partial charge >= 0.3 is 0 Å². The van der Waals surface area contributed by atoms with Gasteiger partial charge in [-0.1, -0.05) is 6.92 Å². The van der Waals surface area contributed by atoms with Crippen LogP contribution in [0.25, 0.3) is 0 Å². The summed E-state index contributed by atoms with van der Waals surface area (Å²) < 4.78 is 5.46. The van der Waals surface area contributed by atoms with Crippen LogP contribution in [0.1, 0.15) is 18.9 Å². The number of nitrogens with one attached hydrogen (secondary N) is 1. The zero-order valence-corrected chi connectivity index (χ0v) is 11.6. The lowest BCUT2D eigenvalue weighted by Crippen LogP contribution is -2.44. The molecule has 6 nitrogen and oxygen atoms in total. The molecule has 2 rings (SSSR count). The van der Waals surface area contributed by atoms with Crippen LogP contribution < -0.4 is 10.2 Å². The van der Waals surface area contributed by atoms with Crippen molar-refractivity contribution in [3.63, 3.8) is 0 Å². The van der Waals surface area contributed by atoms with Crippen LogP contribution in [0.3, 0.4) is 0 Å². The lowest BCUT2D eigenvalue weighted by molar-refractivity contribution is 0.00333. The Labute approximate surface area is 113 Å². The minimum absolute atomic E-state index is 0.0432. The van der Waals surface area contributed by atoms with Gasteiger partial charge in [-0.3, -0.25) is 0 Å². The predicted molar refractivity (Wildman–Crippen MR) is 74.6 cm³/mol. The number of rotatable bonds is 5. The maximum Gasteiger partial charge on any atom is 0.137 e. The van der Waals surface area contributed by atoms with E-state index >= 15 is 0 Å². The monoisotopic (exact) mass is 266 g/mol. The van der Waals surface area contributed by atoms with Gasteiger partial charge < -0.3 is 20.1 Å². The van der Waals surface area contributed by atoms with Crippen LogP contribution in [-0.4, -0.2) is 54.0 Å². The molecule has 1 aromatic rings. The number of aliphatic hydroxyl groups excluding tert-OH is 1. The topological polar surface area (TPSA) is 70.5 Å². The number of ether oxygens (including phenoxy) is 1. The van der Waals surface area contributed by atoms with Gasteiger partial charge in [-0.2, -0.15) is 0 Å². The number of anilines is 2. The number of nitrogens with zero attached hydrogens (tertiary/aromatic N) is 3. The van der Waals surface area contributed by atoms with Crippen molar-refractivity contribution in [2.75, 3.05) is 43.1 Å². The number of hydrogen-bond acceptors (Lipinski definition) is 6. The van der Waals surface area contributed by atoms with E-state index in [0.717, 1.165) is 36.7 Å². The molecule has 19 heavy (non-hydrogen) atoms. The molecule has 1 atom stereocenters. The van der Waals surface area contributed by atoms with E-state index in [4.69, 9.17) is 4.74 Å².